The first-order valence-corrected chi connectivity index (χ1v) is 26.9. The van der Waals surface area contributed by atoms with Crippen LogP contribution in [0.3, 0.4) is 0 Å². The number of hydrogen-bond acceptors (Lipinski definition) is 3. The molecule has 2 unspecified atom stereocenters. The van der Waals surface area contributed by atoms with Crippen LogP contribution in [0.15, 0.2) is 289 Å². The third kappa shape index (κ3) is 7.80. The molecule has 0 radical (unpaired) electrons. The molecule has 10 aromatic carbocycles. The van der Waals surface area contributed by atoms with Crippen molar-refractivity contribution in [1.82, 2.24) is 5.32 Å². The van der Waals surface area contributed by atoms with Gasteiger partial charge in [0.2, 0.25) is 0 Å². The van der Waals surface area contributed by atoms with Crippen molar-refractivity contribution < 1.29 is 0 Å². The molecule has 1 aliphatic heterocycles. The van der Waals surface area contributed by atoms with Gasteiger partial charge in [-0.2, -0.15) is 0 Å². The summed E-state index contributed by atoms with van der Waals surface area (Å²) in [4.78, 5) is 10.8. The fourth-order valence-corrected chi connectivity index (χ4v) is 12.8. The normalized spacial score (nSPS) is 17.1. The minimum atomic E-state index is -0.598. The fraction of sp³-hybridized carbons (Fsp3) is 0.0811. The summed E-state index contributed by atoms with van der Waals surface area (Å²) in [6.45, 7) is 4.77. The van der Waals surface area contributed by atoms with Crippen LogP contribution < -0.4 is 5.32 Å². The van der Waals surface area contributed by atoms with Gasteiger partial charge in [0.25, 0.3) is 0 Å². The predicted octanol–water partition coefficient (Wildman–Crippen LogP) is 17.5. The Morgan fingerprint density at radius 3 is 1.52 bits per heavy atom. The zero-order valence-electron chi connectivity index (χ0n) is 43.1. The van der Waals surface area contributed by atoms with E-state index < -0.39 is 5.41 Å². The van der Waals surface area contributed by atoms with E-state index in [0.29, 0.717) is 5.84 Å². The molecule has 77 heavy (non-hydrogen) atoms. The second-order valence-electron chi connectivity index (χ2n) is 21.2. The van der Waals surface area contributed by atoms with E-state index in [-0.39, 0.29) is 17.5 Å². The van der Waals surface area contributed by atoms with E-state index in [4.69, 9.17) is 9.98 Å². The molecule has 1 spiro atoms. The number of nitrogens with zero attached hydrogens (tertiary/aromatic N) is 2. The van der Waals surface area contributed by atoms with Gasteiger partial charge in [-0.05, 0) is 112 Å². The lowest BCUT2D eigenvalue weighted by Crippen LogP contribution is -2.40. The van der Waals surface area contributed by atoms with Crippen molar-refractivity contribution in [2.24, 2.45) is 9.98 Å². The second-order valence-corrected chi connectivity index (χ2v) is 21.2. The van der Waals surface area contributed by atoms with Crippen LogP contribution in [0, 0.1) is 0 Å². The topological polar surface area (TPSA) is 36.8 Å². The van der Waals surface area contributed by atoms with E-state index in [1.807, 2.05) is 0 Å². The van der Waals surface area contributed by atoms with E-state index in [1.165, 1.54) is 83.5 Å². The van der Waals surface area contributed by atoms with Gasteiger partial charge in [-0.3, -0.25) is 0 Å². The zero-order valence-corrected chi connectivity index (χ0v) is 43.1. The minimum Gasteiger partial charge on any atom is -0.344 e. The molecule has 3 nitrogen and oxygen atoms in total. The number of benzene rings is 10. The molecule has 0 amide bonds. The maximum Gasteiger partial charge on any atom is 0.159 e. The number of aliphatic imine (C=N–C) groups is 2. The largest absolute Gasteiger partial charge is 0.344 e. The van der Waals surface area contributed by atoms with Crippen molar-refractivity contribution in [3.63, 3.8) is 0 Å². The molecule has 0 saturated carbocycles. The molecule has 1 N–H and O–H groups in total. The van der Waals surface area contributed by atoms with Gasteiger partial charge in [-0.25, -0.2) is 9.98 Å². The predicted molar refractivity (Wildman–Crippen MR) is 319 cm³/mol. The summed E-state index contributed by atoms with van der Waals surface area (Å²) in [6.07, 6.45) is 11.2. The minimum absolute atomic E-state index is 0.0665. The molecular weight excluding hydrogens is 931 g/mol. The Balaban J connectivity index is 0.927. The number of allylic oxidation sites excluding steroid dienone is 6. The summed E-state index contributed by atoms with van der Waals surface area (Å²) in [5.74, 6) is 1.56. The Morgan fingerprint density at radius 2 is 0.909 bits per heavy atom. The summed E-state index contributed by atoms with van der Waals surface area (Å²) in [5, 5.41) is 3.91. The van der Waals surface area contributed by atoms with E-state index in [2.05, 4.69) is 298 Å². The Hall–Kier alpha value is -9.44. The monoisotopic (exact) mass is 985 g/mol. The first-order valence-electron chi connectivity index (χ1n) is 26.9. The molecule has 0 fully saturated rings. The lowest BCUT2D eigenvalue weighted by molar-refractivity contribution is 0.563. The van der Waals surface area contributed by atoms with Crippen LogP contribution >= 0.6 is 0 Å². The average molecular weight is 986 g/mol. The zero-order chi connectivity index (χ0) is 51.5. The van der Waals surface area contributed by atoms with Crippen LogP contribution in [0.25, 0.3) is 50.1 Å². The third-order valence-corrected chi connectivity index (χ3v) is 16.5. The summed E-state index contributed by atoms with van der Waals surface area (Å²) in [6, 6.07) is 90.8. The molecule has 4 aliphatic rings. The van der Waals surface area contributed by atoms with Gasteiger partial charge in [-0.15, -0.1) is 0 Å². The van der Waals surface area contributed by atoms with Gasteiger partial charge in [0, 0.05) is 22.5 Å². The first kappa shape index (κ1) is 46.1. The van der Waals surface area contributed by atoms with Crippen molar-refractivity contribution in [3.8, 4) is 44.5 Å². The highest BCUT2D eigenvalue weighted by atomic mass is 15.2. The molecule has 10 aromatic rings. The van der Waals surface area contributed by atoms with Gasteiger partial charge in [0.05, 0.1) is 5.41 Å². The van der Waals surface area contributed by atoms with Crippen LogP contribution in [0.4, 0.5) is 0 Å². The first-order chi connectivity index (χ1) is 37.9. The highest BCUT2D eigenvalue weighted by Gasteiger charge is 2.54. The number of fused-ring (bicyclic) bond motifs is 9. The van der Waals surface area contributed by atoms with Gasteiger partial charge in [0.15, 0.2) is 5.84 Å². The number of rotatable bonds is 8. The highest BCUT2D eigenvalue weighted by Crippen LogP contribution is 2.63. The number of amidine groups is 2. The summed E-state index contributed by atoms with van der Waals surface area (Å²) < 4.78 is 0. The van der Waals surface area contributed by atoms with Crippen molar-refractivity contribution >= 4 is 17.2 Å². The molecule has 2 atom stereocenters. The molecule has 366 valence electrons. The van der Waals surface area contributed by atoms with Crippen molar-refractivity contribution in [1.29, 1.82) is 0 Å². The van der Waals surface area contributed by atoms with E-state index in [1.54, 1.807) is 0 Å². The molecule has 14 rings (SSSR count). The Morgan fingerprint density at radius 1 is 0.390 bits per heavy atom. The Labute approximate surface area is 451 Å². The maximum atomic E-state index is 5.50. The van der Waals surface area contributed by atoms with Crippen molar-refractivity contribution in [2.75, 3.05) is 0 Å². The van der Waals surface area contributed by atoms with Gasteiger partial charge >= 0.3 is 0 Å². The van der Waals surface area contributed by atoms with Crippen LogP contribution in [0.2, 0.25) is 0 Å². The van der Waals surface area contributed by atoms with E-state index in [0.717, 1.165) is 33.7 Å². The highest BCUT2D eigenvalue weighted by molar-refractivity contribution is 6.16. The fourth-order valence-electron chi connectivity index (χ4n) is 12.8. The standard InChI is InChI=1S/C74H55N3/c1-73(2)64-32-15-17-34-66(64)74(67-35-18-16-33-65(67)73)63-44-43-57(52-29-19-30-53(38-37-52)60-46-58(50-23-9-4-10-24-50)45-59(47-60)51-25-11-5-12-26-51)48-62(63)69-61(31-20-36-68(69)74)72-76-70(55-27-13-6-14-28-55)75-71(77-72)56-41-39-54(40-42-56)49-21-7-3-8-22-49/h3-48,53,71H,1-2H3,(H,75,76,77). The number of hydrogen-bond donors (Lipinski definition) is 1. The average Bonchev–Trinajstić information content (AvgIpc) is 3.78. The quantitative estimate of drug-likeness (QED) is 0.162. The third-order valence-electron chi connectivity index (χ3n) is 16.5. The Kier molecular flexibility index (Phi) is 11.2. The van der Waals surface area contributed by atoms with Gasteiger partial charge < -0.3 is 5.32 Å². The lowest BCUT2D eigenvalue weighted by Gasteiger charge is -2.46. The van der Waals surface area contributed by atoms with Crippen molar-refractivity contribution in [2.45, 2.75) is 36.8 Å². The van der Waals surface area contributed by atoms with Crippen LogP contribution in [-0.4, -0.2) is 11.7 Å². The molecule has 0 saturated heterocycles. The van der Waals surface area contributed by atoms with Gasteiger partial charge in [0.1, 0.15) is 12.0 Å². The maximum absolute atomic E-state index is 5.50. The smallest absolute Gasteiger partial charge is 0.159 e. The summed E-state index contributed by atoms with van der Waals surface area (Å²) >= 11 is 0. The van der Waals surface area contributed by atoms with Gasteiger partial charge in [-0.1, -0.05) is 281 Å². The van der Waals surface area contributed by atoms with Crippen molar-refractivity contribution in [3.05, 3.63) is 340 Å². The lowest BCUT2D eigenvalue weighted by atomic mass is 9.55. The Bertz CT molecular complexity index is 3960. The molecule has 3 aliphatic carbocycles. The molecule has 0 bridgehead atoms. The number of nitrogens with one attached hydrogen (secondary N) is 1. The summed E-state index contributed by atoms with van der Waals surface area (Å²) in [5.41, 5.74) is 23.3. The summed E-state index contributed by atoms with van der Waals surface area (Å²) in [7, 11) is 0. The van der Waals surface area contributed by atoms with E-state index in [9.17, 15) is 0 Å². The van der Waals surface area contributed by atoms with Crippen LogP contribution in [-0.2, 0) is 10.8 Å². The van der Waals surface area contributed by atoms with Crippen LogP contribution in [0.1, 0.15) is 87.1 Å². The molecule has 0 aromatic heterocycles. The van der Waals surface area contributed by atoms with E-state index >= 15 is 0 Å². The molecule has 3 heteroatoms. The van der Waals surface area contributed by atoms with Crippen LogP contribution in [0.5, 0.6) is 0 Å². The molecule has 1 heterocycles. The second kappa shape index (κ2) is 18.7. The SMILES string of the molecule is CC1(C)c2ccccc2C2(c3ccc(C4=CC=CC(c5cc(-c6ccccc6)cc(-c6ccccc6)c5)C=C4)cc3-c3c(C4=NC(c5ccccc5)=NC(c5ccc(-c6ccccc6)cc5)N4)cccc32)c2ccccc21. The molecular formula is C74H55N3.